The smallest absolute Gasteiger partial charge is 0.266 e. The molecule has 2 heterocycles. The van der Waals surface area contributed by atoms with Crippen LogP contribution in [0.15, 0.2) is 24.4 Å². The first-order chi connectivity index (χ1) is 10.1. The van der Waals surface area contributed by atoms with E-state index in [0.717, 1.165) is 16.0 Å². The summed E-state index contributed by atoms with van der Waals surface area (Å²) in [6.45, 7) is 3.91. The average molecular weight is 300 g/mol. The molecule has 2 aromatic rings. The lowest BCUT2D eigenvalue weighted by molar-refractivity contribution is 0.103. The van der Waals surface area contributed by atoms with Crippen molar-refractivity contribution < 1.29 is 9.90 Å². The van der Waals surface area contributed by atoms with Crippen LogP contribution in [0.5, 0.6) is 0 Å². The van der Waals surface area contributed by atoms with Gasteiger partial charge in [0.15, 0.2) is 0 Å². The Labute approximate surface area is 127 Å². The van der Waals surface area contributed by atoms with Gasteiger partial charge in [-0.15, -0.1) is 11.3 Å². The van der Waals surface area contributed by atoms with E-state index in [2.05, 4.69) is 22.1 Å². The van der Waals surface area contributed by atoms with E-state index >= 15 is 0 Å². The van der Waals surface area contributed by atoms with Gasteiger partial charge in [0, 0.05) is 12.6 Å². The molecule has 0 atom stereocenters. The molecule has 0 aliphatic heterocycles. The van der Waals surface area contributed by atoms with E-state index in [1.807, 2.05) is 26.0 Å². The molecule has 0 radical (unpaired) electrons. The molecular weight excluding hydrogens is 284 g/mol. The number of rotatable bonds is 3. The van der Waals surface area contributed by atoms with Crippen LogP contribution in [0.3, 0.4) is 0 Å². The van der Waals surface area contributed by atoms with Crippen molar-refractivity contribution in [3.63, 3.8) is 0 Å². The Bertz CT molecular complexity index is 693. The predicted molar refractivity (Wildman–Crippen MR) is 84.6 cm³/mol. The van der Waals surface area contributed by atoms with Crippen LogP contribution in [-0.2, 0) is 0 Å². The molecule has 4 nitrogen and oxygen atoms in total. The van der Waals surface area contributed by atoms with Gasteiger partial charge in [0.2, 0.25) is 0 Å². The molecule has 0 aliphatic carbocycles. The molecule has 0 spiro atoms. The zero-order valence-corrected chi connectivity index (χ0v) is 12.8. The number of pyridine rings is 1. The van der Waals surface area contributed by atoms with Crippen molar-refractivity contribution >= 4 is 23.1 Å². The molecule has 0 aliphatic rings. The highest BCUT2D eigenvalue weighted by atomic mass is 32.1. The number of aromatic nitrogens is 1. The normalized spacial score (nSPS) is 9.86. The maximum atomic E-state index is 12.2. The highest BCUT2D eigenvalue weighted by Gasteiger charge is 2.12. The van der Waals surface area contributed by atoms with E-state index in [1.165, 1.54) is 11.3 Å². The molecule has 0 fully saturated rings. The first-order valence-electron chi connectivity index (χ1n) is 6.54. The molecule has 1 amide bonds. The fourth-order valence-electron chi connectivity index (χ4n) is 1.64. The van der Waals surface area contributed by atoms with Gasteiger partial charge in [-0.3, -0.25) is 4.79 Å². The summed E-state index contributed by atoms with van der Waals surface area (Å²) >= 11 is 1.35. The van der Waals surface area contributed by atoms with Crippen LogP contribution < -0.4 is 5.32 Å². The second-order valence-corrected chi connectivity index (χ2v) is 5.63. The van der Waals surface area contributed by atoms with Crippen molar-refractivity contribution in [3.8, 4) is 11.8 Å². The number of aliphatic hydroxyl groups is 1. The lowest BCUT2D eigenvalue weighted by atomic mass is 10.2. The van der Waals surface area contributed by atoms with Gasteiger partial charge in [0.1, 0.15) is 5.82 Å². The molecule has 2 aromatic heterocycles. The van der Waals surface area contributed by atoms with Crippen molar-refractivity contribution in [1.82, 2.24) is 4.98 Å². The Hall–Kier alpha value is -2.16. The Kier molecular flexibility index (Phi) is 5.09. The van der Waals surface area contributed by atoms with Crippen LogP contribution in [0.2, 0.25) is 0 Å². The summed E-state index contributed by atoms with van der Waals surface area (Å²) in [5, 5.41) is 11.5. The number of nitrogens with one attached hydrogen (secondary N) is 1. The van der Waals surface area contributed by atoms with Crippen LogP contribution in [-0.4, -0.2) is 22.6 Å². The summed E-state index contributed by atoms with van der Waals surface area (Å²) < 4.78 is 0. The van der Waals surface area contributed by atoms with E-state index < -0.39 is 0 Å². The third kappa shape index (κ3) is 4.15. The number of anilines is 1. The Morgan fingerprint density at radius 3 is 2.90 bits per heavy atom. The molecule has 5 heteroatoms. The molecule has 0 saturated heterocycles. The third-order valence-corrected chi connectivity index (χ3v) is 3.88. The number of hydrogen-bond acceptors (Lipinski definition) is 4. The molecule has 108 valence electrons. The molecular formula is C16H16N2O2S. The van der Waals surface area contributed by atoms with Crippen LogP contribution in [0.1, 0.15) is 32.1 Å². The first-order valence-corrected chi connectivity index (χ1v) is 7.36. The second kappa shape index (κ2) is 7.02. The number of carbonyl (C=O) groups excluding carboxylic acids is 1. The maximum Gasteiger partial charge on any atom is 0.266 e. The summed E-state index contributed by atoms with van der Waals surface area (Å²) in [6, 6.07) is 5.49. The minimum Gasteiger partial charge on any atom is -0.395 e. The number of aliphatic hydroxyl groups excluding tert-OH is 1. The number of hydrogen-bond donors (Lipinski definition) is 2. The predicted octanol–water partition coefficient (Wildman–Crippen LogP) is 2.75. The van der Waals surface area contributed by atoms with E-state index in [9.17, 15) is 4.79 Å². The van der Waals surface area contributed by atoms with Crippen molar-refractivity contribution in [2.45, 2.75) is 20.3 Å². The van der Waals surface area contributed by atoms with Gasteiger partial charge in [-0.1, -0.05) is 17.9 Å². The van der Waals surface area contributed by atoms with Gasteiger partial charge in [-0.05, 0) is 37.1 Å². The number of carbonyl (C=O) groups is 1. The standard InChI is InChI=1S/C16H16N2O2S/c1-11-6-7-15(17-10-11)18-16(20)14-9-12(2)13(21-14)5-3-4-8-19/h6-7,9-10,19H,4,8H2,1-2H3,(H,17,18,20). The molecule has 0 bridgehead atoms. The Morgan fingerprint density at radius 2 is 2.24 bits per heavy atom. The summed E-state index contributed by atoms with van der Waals surface area (Å²) in [7, 11) is 0. The summed E-state index contributed by atoms with van der Waals surface area (Å²) in [5.74, 6) is 6.19. The zero-order valence-electron chi connectivity index (χ0n) is 11.9. The zero-order chi connectivity index (χ0) is 15.2. The molecule has 2 rings (SSSR count). The van der Waals surface area contributed by atoms with Crippen LogP contribution in [0, 0.1) is 25.7 Å². The average Bonchev–Trinajstić information content (AvgIpc) is 2.83. The van der Waals surface area contributed by atoms with Gasteiger partial charge in [-0.2, -0.15) is 0 Å². The largest absolute Gasteiger partial charge is 0.395 e. The Morgan fingerprint density at radius 1 is 1.43 bits per heavy atom. The molecule has 0 saturated carbocycles. The fraction of sp³-hybridized carbons (Fsp3) is 0.250. The van der Waals surface area contributed by atoms with Crippen molar-refractivity contribution in [3.05, 3.63) is 45.3 Å². The lowest BCUT2D eigenvalue weighted by Gasteiger charge is -2.02. The second-order valence-electron chi connectivity index (χ2n) is 4.57. The molecule has 0 unspecified atom stereocenters. The third-order valence-electron chi connectivity index (χ3n) is 2.73. The number of amides is 1. The van der Waals surface area contributed by atoms with Crippen molar-refractivity contribution in [1.29, 1.82) is 0 Å². The van der Waals surface area contributed by atoms with Crippen molar-refractivity contribution in [2.24, 2.45) is 0 Å². The minimum atomic E-state index is -0.185. The van der Waals surface area contributed by atoms with E-state index in [0.29, 0.717) is 17.1 Å². The topological polar surface area (TPSA) is 62.2 Å². The van der Waals surface area contributed by atoms with Crippen LogP contribution in [0.25, 0.3) is 0 Å². The highest BCUT2D eigenvalue weighted by molar-refractivity contribution is 7.14. The number of aryl methyl sites for hydroxylation is 2. The van der Waals surface area contributed by atoms with E-state index in [1.54, 1.807) is 12.3 Å². The summed E-state index contributed by atoms with van der Waals surface area (Å²) in [4.78, 5) is 17.8. The number of thiophene rings is 1. The fourth-order valence-corrected chi connectivity index (χ4v) is 2.58. The van der Waals surface area contributed by atoms with Gasteiger partial charge in [0.25, 0.3) is 5.91 Å². The number of nitrogens with zero attached hydrogens (tertiary/aromatic N) is 1. The van der Waals surface area contributed by atoms with Crippen molar-refractivity contribution in [2.75, 3.05) is 11.9 Å². The SMILES string of the molecule is Cc1ccc(NC(=O)c2cc(C)c(C#CCCO)s2)nc1. The first kappa shape index (κ1) is 15.2. The van der Waals surface area contributed by atoms with Crippen LogP contribution >= 0.6 is 11.3 Å². The van der Waals surface area contributed by atoms with Crippen LogP contribution in [0.4, 0.5) is 5.82 Å². The Balaban J connectivity index is 2.11. The lowest BCUT2D eigenvalue weighted by Crippen LogP contribution is -2.11. The monoisotopic (exact) mass is 300 g/mol. The van der Waals surface area contributed by atoms with Gasteiger partial charge < -0.3 is 10.4 Å². The molecule has 2 N–H and O–H groups in total. The summed E-state index contributed by atoms with van der Waals surface area (Å²) in [5.41, 5.74) is 2.01. The minimum absolute atomic E-state index is 0.0455. The highest BCUT2D eigenvalue weighted by Crippen LogP contribution is 2.22. The molecule has 0 aromatic carbocycles. The quantitative estimate of drug-likeness (QED) is 0.857. The van der Waals surface area contributed by atoms with E-state index in [-0.39, 0.29) is 12.5 Å². The molecule has 21 heavy (non-hydrogen) atoms. The van der Waals surface area contributed by atoms with Gasteiger partial charge >= 0.3 is 0 Å². The van der Waals surface area contributed by atoms with Gasteiger partial charge in [-0.25, -0.2) is 4.98 Å². The maximum absolute atomic E-state index is 12.2. The summed E-state index contributed by atoms with van der Waals surface area (Å²) in [6.07, 6.45) is 2.15. The van der Waals surface area contributed by atoms with Gasteiger partial charge in [0.05, 0.1) is 16.4 Å². The van der Waals surface area contributed by atoms with E-state index in [4.69, 9.17) is 5.11 Å².